The highest BCUT2D eigenvalue weighted by Crippen LogP contribution is 2.30. The van der Waals surface area contributed by atoms with Crippen LogP contribution in [0.3, 0.4) is 0 Å². The molecule has 0 aliphatic carbocycles. The molecule has 142 valence electrons. The summed E-state index contributed by atoms with van der Waals surface area (Å²) >= 11 is 6.17. The molecule has 0 spiro atoms. The Hall–Kier alpha value is -2.24. The molecule has 27 heavy (non-hydrogen) atoms. The maximum absolute atomic E-state index is 14.6. The van der Waals surface area contributed by atoms with E-state index in [1.54, 1.807) is 6.07 Å². The first-order valence-corrected chi connectivity index (χ1v) is 8.45. The fourth-order valence-electron chi connectivity index (χ4n) is 2.85. The Labute approximate surface area is 178 Å². The highest BCUT2D eigenvalue weighted by molar-refractivity contribution is 6.32. The van der Waals surface area contributed by atoms with Gasteiger partial charge >= 0.3 is 0 Å². The second-order valence-electron chi connectivity index (χ2n) is 5.73. The molecular weight excluding hydrogens is 365 g/mol. The number of halogens is 2. The van der Waals surface area contributed by atoms with Crippen molar-refractivity contribution >= 4 is 28.9 Å². The van der Waals surface area contributed by atoms with Gasteiger partial charge in [-0.15, -0.1) is 0 Å². The second kappa shape index (κ2) is 8.63. The van der Waals surface area contributed by atoms with Crippen molar-refractivity contribution in [2.75, 3.05) is 37.5 Å². The summed E-state index contributed by atoms with van der Waals surface area (Å²) in [4.78, 5) is 18.5. The van der Waals surface area contributed by atoms with Gasteiger partial charge in [0.2, 0.25) is 5.91 Å². The molecule has 0 saturated heterocycles. The predicted octanol–water partition coefficient (Wildman–Crippen LogP) is 4.00. The fourth-order valence-corrected chi connectivity index (χ4v) is 3.03. The number of likely N-dealkylation sites (N-methyl/N-ethyl adjacent to an activating group) is 1. The van der Waals surface area contributed by atoms with Crippen LogP contribution in [0, 0.1) is 5.82 Å². The number of fused-ring (bicyclic) bond motifs is 1. The Morgan fingerprint density at radius 3 is 2.78 bits per heavy atom. The molecule has 0 atom stereocenters. The van der Waals surface area contributed by atoms with E-state index in [4.69, 9.17) is 25.3 Å². The van der Waals surface area contributed by atoms with Crippen LogP contribution in [0.5, 0.6) is 0 Å². The minimum Gasteiger partial charge on any atom is -0.309 e. The number of benzodiazepines with no additional fused rings is 1. The zero-order valence-electron chi connectivity index (χ0n) is 24.2. The molecule has 0 aromatic heterocycles. The smallest absolute Gasteiger partial charge is 0.248 e. The number of anilines is 1. The predicted molar refractivity (Wildman–Crippen MR) is 108 cm³/mol. The Balaban J connectivity index is 2.08. The molecule has 1 aliphatic heterocycles. The highest BCUT2D eigenvalue weighted by Gasteiger charge is 2.26. The van der Waals surface area contributed by atoms with Gasteiger partial charge in [-0.2, -0.15) is 0 Å². The van der Waals surface area contributed by atoms with Gasteiger partial charge in [0.15, 0.2) is 0 Å². The first kappa shape index (κ1) is 10.3. The maximum Gasteiger partial charge on any atom is 0.248 e. The van der Waals surface area contributed by atoms with Crippen molar-refractivity contribution in [3.63, 3.8) is 0 Å². The van der Waals surface area contributed by atoms with Crippen molar-refractivity contribution in [1.29, 1.82) is 0 Å². The number of aliphatic imine (C=N–C) groups is 1. The number of carbonyl (C=O) groups is 1. The lowest BCUT2D eigenvalue weighted by atomic mass is 9.99. The van der Waals surface area contributed by atoms with Crippen molar-refractivity contribution in [3.8, 4) is 0 Å². The molecule has 2 aromatic rings. The number of amides is 1. The van der Waals surface area contributed by atoms with Crippen LogP contribution in [0.2, 0.25) is 5.02 Å². The lowest BCUT2D eigenvalue weighted by Crippen LogP contribution is -2.39. The van der Waals surface area contributed by atoms with Gasteiger partial charge in [-0.3, -0.25) is 9.79 Å². The van der Waals surface area contributed by atoms with Gasteiger partial charge in [-0.1, -0.05) is 37.4 Å². The molecule has 3 rings (SSSR count). The van der Waals surface area contributed by atoms with E-state index in [2.05, 4.69) is 4.99 Å². The monoisotopic (exact) mass is 397 g/mol. The molecule has 0 bridgehead atoms. The third-order valence-electron chi connectivity index (χ3n) is 4.12. The molecule has 0 fully saturated rings. The van der Waals surface area contributed by atoms with Crippen molar-refractivity contribution < 1.29 is 22.9 Å². The summed E-state index contributed by atoms with van der Waals surface area (Å²) in [7, 11) is 0. The number of carbonyl (C=O) groups excluding carboxylic acids is 1. The summed E-state index contributed by atoms with van der Waals surface area (Å²) in [6, 6.07) is 10.1. The van der Waals surface area contributed by atoms with Gasteiger partial charge in [-0.05, 0) is 43.3 Å². The van der Waals surface area contributed by atoms with Crippen LogP contribution >= 0.6 is 11.6 Å². The van der Waals surface area contributed by atoms with E-state index in [1.165, 1.54) is 36.4 Å². The average Bonchev–Trinajstić information content (AvgIpc) is 2.89. The molecule has 4 nitrogen and oxygen atoms in total. The summed E-state index contributed by atoms with van der Waals surface area (Å²) in [6.45, 7) is -15.4. The van der Waals surface area contributed by atoms with Crippen LogP contribution in [-0.2, 0) is 4.79 Å². The number of benzene rings is 2. The third-order valence-corrected chi connectivity index (χ3v) is 4.36. The van der Waals surface area contributed by atoms with Gasteiger partial charge < -0.3 is 9.80 Å². The van der Waals surface area contributed by atoms with Crippen LogP contribution in [-0.4, -0.2) is 49.1 Å². The van der Waals surface area contributed by atoms with Crippen LogP contribution < -0.4 is 4.90 Å². The molecular formula is C21H23ClFN3O. The summed E-state index contributed by atoms with van der Waals surface area (Å²) in [6.07, 6.45) is 0. The summed E-state index contributed by atoms with van der Waals surface area (Å²) in [5.74, 6) is -1.24. The van der Waals surface area contributed by atoms with Crippen molar-refractivity contribution in [2.24, 2.45) is 4.99 Å². The maximum atomic E-state index is 14.6. The lowest BCUT2D eigenvalue weighted by molar-refractivity contribution is -0.117. The number of nitrogens with zero attached hydrogens (tertiary/aromatic N) is 3. The Morgan fingerprint density at radius 2 is 2.04 bits per heavy atom. The minimum absolute atomic E-state index is 0.0897. The zero-order chi connectivity index (χ0) is 28.0. The Bertz CT molecular complexity index is 1190. The summed E-state index contributed by atoms with van der Waals surface area (Å²) < 4.78 is 92.2. The van der Waals surface area contributed by atoms with Crippen LogP contribution in [0.25, 0.3) is 0 Å². The standard InChI is InChI=1S/C21H23ClFN3O/c1-3-25(4-2)11-12-26-19-10-9-15(22)13-17(19)21(24-14-20(26)27)16-7-5-6-8-18(16)23/h5-10,13H,3-4,11-12,14H2,1-2H3/i1D3,2D3,3D2,4D2. The fraction of sp³-hybridized carbons (Fsp3) is 0.333. The third kappa shape index (κ3) is 4.20. The van der Waals surface area contributed by atoms with E-state index in [1.807, 2.05) is 0 Å². The average molecular weight is 398 g/mol. The molecule has 6 heteroatoms. The molecule has 1 aliphatic rings. The van der Waals surface area contributed by atoms with Crippen molar-refractivity contribution in [1.82, 2.24) is 4.90 Å². The van der Waals surface area contributed by atoms with Crippen molar-refractivity contribution in [2.45, 2.75) is 13.7 Å². The van der Waals surface area contributed by atoms with Gasteiger partial charge in [-0.25, -0.2) is 4.39 Å². The molecule has 0 unspecified atom stereocenters. The largest absolute Gasteiger partial charge is 0.309 e. The summed E-state index contributed by atoms with van der Waals surface area (Å²) in [5.41, 5.74) is 0.657. The zero-order valence-corrected chi connectivity index (χ0v) is 14.9. The molecule has 0 radical (unpaired) electrons. The number of hydrogen-bond acceptors (Lipinski definition) is 3. The molecule has 1 amide bonds. The molecule has 2 aromatic carbocycles. The van der Waals surface area contributed by atoms with E-state index in [0.717, 1.165) is 4.90 Å². The highest BCUT2D eigenvalue weighted by atomic mass is 35.5. The Kier molecular flexibility index (Phi) is 3.31. The quantitative estimate of drug-likeness (QED) is 0.738. The van der Waals surface area contributed by atoms with Gasteiger partial charge in [0, 0.05) is 42.9 Å². The Morgan fingerprint density at radius 1 is 1.26 bits per heavy atom. The van der Waals surface area contributed by atoms with E-state index in [0.29, 0.717) is 0 Å². The van der Waals surface area contributed by atoms with Gasteiger partial charge in [0.1, 0.15) is 12.4 Å². The van der Waals surface area contributed by atoms with Gasteiger partial charge in [0.05, 0.1) is 11.4 Å². The first-order chi connectivity index (χ1) is 16.9. The van der Waals surface area contributed by atoms with E-state index < -0.39 is 58.1 Å². The van der Waals surface area contributed by atoms with Crippen LogP contribution in [0.1, 0.15) is 38.5 Å². The molecule has 0 saturated carbocycles. The van der Waals surface area contributed by atoms with E-state index >= 15 is 0 Å². The van der Waals surface area contributed by atoms with E-state index in [-0.39, 0.29) is 32.4 Å². The second-order valence-corrected chi connectivity index (χ2v) is 6.16. The first-order valence-electron chi connectivity index (χ1n) is 13.1. The van der Waals surface area contributed by atoms with Crippen LogP contribution in [0.15, 0.2) is 47.5 Å². The normalized spacial score (nSPS) is 21.7. The molecule has 0 N–H and O–H groups in total. The number of rotatable bonds is 6. The topological polar surface area (TPSA) is 35.9 Å². The number of hydrogen-bond donors (Lipinski definition) is 0. The van der Waals surface area contributed by atoms with Gasteiger partial charge in [0.25, 0.3) is 0 Å². The van der Waals surface area contributed by atoms with Crippen LogP contribution in [0.4, 0.5) is 10.1 Å². The SMILES string of the molecule is [2H]C([2H])([2H])C([2H])([2H])N(CCN1C(=O)CN=C(c2ccccc2F)c2cc(Cl)ccc21)C([2H])([2H])C([2H])([2H])[2H]. The minimum atomic E-state index is -3.42. The molecule has 1 heterocycles. The van der Waals surface area contributed by atoms with E-state index in [9.17, 15) is 9.18 Å². The van der Waals surface area contributed by atoms with Crippen molar-refractivity contribution in [3.05, 3.63) is 64.4 Å². The lowest BCUT2D eigenvalue weighted by Gasteiger charge is -2.27. The summed E-state index contributed by atoms with van der Waals surface area (Å²) in [5, 5.41) is 0.246.